The molecule has 0 aliphatic carbocycles. The highest BCUT2D eigenvalue weighted by atomic mass is 32.2. The van der Waals surface area contributed by atoms with Crippen LogP contribution in [0, 0.1) is 0 Å². The van der Waals surface area contributed by atoms with Crippen molar-refractivity contribution in [1.29, 1.82) is 0 Å². The summed E-state index contributed by atoms with van der Waals surface area (Å²) in [5.41, 5.74) is 0. The van der Waals surface area contributed by atoms with Crippen LogP contribution in [-0.4, -0.2) is 14.2 Å². The Morgan fingerprint density at radius 2 is 2.12 bits per heavy atom. The van der Waals surface area contributed by atoms with E-state index >= 15 is 0 Å². The highest BCUT2D eigenvalue weighted by molar-refractivity contribution is 7.94. The summed E-state index contributed by atoms with van der Waals surface area (Å²) in [6, 6.07) is 0. The van der Waals surface area contributed by atoms with Gasteiger partial charge in [0.1, 0.15) is 0 Å². The topological polar surface area (TPSA) is 34.1 Å². The lowest BCUT2D eigenvalue weighted by Crippen LogP contribution is -1.95. The molecule has 0 heterocycles. The third-order valence-corrected chi connectivity index (χ3v) is 1.98. The minimum Gasteiger partial charge on any atom is -0.224 e. The van der Waals surface area contributed by atoms with Crippen molar-refractivity contribution in [2.24, 2.45) is 0 Å². The van der Waals surface area contributed by atoms with Crippen LogP contribution in [-0.2, 0) is 9.84 Å². The van der Waals surface area contributed by atoms with Gasteiger partial charge in [-0.05, 0) is 0 Å². The molecule has 0 radical (unpaired) electrons. The van der Waals surface area contributed by atoms with Gasteiger partial charge < -0.3 is 0 Å². The van der Waals surface area contributed by atoms with Crippen LogP contribution in [0.15, 0.2) is 11.7 Å². The molecule has 8 heavy (non-hydrogen) atoms. The van der Waals surface area contributed by atoms with Gasteiger partial charge in [0.25, 0.3) is 0 Å². The van der Waals surface area contributed by atoms with Crippen molar-refractivity contribution >= 4 is 9.84 Å². The molecule has 0 aromatic heterocycles. The average molecular weight is 138 g/mol. The Kier molecular flexibility index (Phi) is 2.68. The molecule has 0 saturated heterocycles. The van der Waals surface area contributed by atoms with Gasteiger partial charge in [0.15, 0.2) is 9.84 Å². The van der Waals surface area contributed by atoms with Gasteiger partial charge in [-0.2, -0.15) is 0 Å². The maximum absolute atomic E-state index is 11.1. The average Bonchev–Trinajstić information content (AvgIpc) is 1.67. The molecule has 0 aliphatic rings. The zero-order valence-electron chi connectivity index (χ0n) is 4.46. The molecule has 0 aromatic carbocycles. The number of hydrogen-bond acceptors (Lipinski definition) is 2. The Morgan fingerprint density at radius 1 is 1.62 bits per heavy atom. The van der Waals surface area contributed by atoms with Gasteiger partial charge in [0, 0.05) is 0 Å². The molecule has 0 saturated carbocycles. The molecule has 4 heteroatoms. The lowest BCUT2D eigenvalue weighted by atomic mass is 11.0. The van der Waals surface area contributed by atoms with Gasteiger partial charge in [-0.25, -0.2) is 12.8 Å². The van der Waals surface area contributed by atoms with Crippen molar-refractivity contribution in [3.63, 3.8) is 0 Å². The van der Waals surface area contributed by atoms with E-state index in [1.165, 1.54) is 6.92 Å². The summed E-state index contributed by atoms with van der Waals surface area (Å²) in [4.78, 5) is 0. The van der Waals surface area contributed by atoms with Crippen LogP contribution in [0.1, 0.15) is 6.92 Å². The van der Waals surface area contributed by atoms with Crippen molar-refractivity contribution in [3.8, 4) is 0 Å². The Bertz CT molecular complexity index is 168. The molecule has 0 rings (SSSR count). The smallest absolute Gasteiger partial charge is 0.173 e. The summed E-state index contributed by atoms with van der Waals surface area (Å²) in [5, 5.41) is 0.549. The van der Waals surface area contributed by atoms with E-state index in [4.69, 9.17) is 0 Å². The highest BCUT2D eigenvalue weighted by Crippen LogP contribution is 1.90. The fourth-order valence-electron chi connectivity index (χ4n) is 0.175. The molecule has 0 N–H and O–H groups in total. The zero-order valence-corrected chi connectivity index (χ0v) is 5.28. The van der Waals surface area contributed by atoms with E-state index < -0.39 is 9.84 Å². The van der Waals surface area contributed by atoms with Crippen molar-refractivity contribution < 1.29 is 12.8 Å². The second kappa shape index (κ2) is 2.81. The minimum atomic E-state index is -3.23. The van der Waals surface area contributed by atoms with E-state index in [9.17, 15) is 12.8 Å². The van der Waals surface area contributed by atoms with Crippen LogP contribution in [0.25, 0.3) is 0 Å². The molecule has 0 fully saturated rings. The number of hydrogen-bond donors (Lipinski definition) is 0. The fourth-order valence-corrected chi connectivity index (χ4v) is 0.524. The summed E-state index contributed by atoms with van der Waals surface area (Å²) in [6.07, 6.45) is 0.0266. The lowest BCUT2D eigenvalue weighted by Gasteiger charge is -1.84. The van der Waals surface area contributed by atoms with Gasteiger partial charge in [0.2, 0.25) is 0 Å². The van der Waals surface area contributed by atoms with Crippen LogP contribution in [0.5, 0.6) is 0 Å². The van der Waals surface area contributed by atoms with Crippen molar-refractivity contribution in [2.45, 2.75) is 6.92 Å². The monoisotopic (exact) mass is 138 g/mol. The van der Waals surface area contributed by atoms with E-state index in [1.54, 1.807) is 0 Å². The fraction of sp³-hybridized carbons (Fsp3) is 0.500. The molecule has 0 spiro atoms. The van der Waals surface area contributed by atoms with Gasteiger partial charge >= 0.3 is 0 Å². The molecular weight excluding hydrogens is 131 g/mol. The largest absolute Gasteiger partial charge is 0.224 e. The minimum absolute atomic E-state index is 0.0266. The summed E-state index contributed by atoms with van der Waals surface area (Å²) in [6.45, 7) is 1.45. The van der Waals surface area contributed by atoms with Gasteiger partial charge in [0.05, 0.1) is 17.5 Å². The lowest BCUT2D eigenvalue weighted by molar-refractivity contribution is 0.604. The standard InChI is InChI=1S/C4H7FO2S/c1-2-8(6,7)4-3-5/h3-4H,2H2,1H3/b4-3+. The summed E-state index contributed by atoms with van der Waals surface area (Å²) >= 11 is 0. The SMILES string of the molecule is CCS(=O)(=O)/C=C/F. The Morgan fingerprint density at radius 3 is 2.25 bits per heavy atom. The first kappa shape index (κ1) is 7.62. The molecule has 0 unspecified atom stereocenters. The number of halogens is 1. The molecule has 0 aromatic rings. The Hall–Kier alpha value is -0.380. The third kappa shape index (κ3) is 2.74. The van der Waals surface area contributed by atoms with Gasteiger partial charge in [-0.3, -0.25) is 0 Å². The second-order valence-electron chi connectivity index (χ2n) is 1.21. The van der Waals surface area contributed by atoms with E-state index in [1.807, 2.05) is 0 Å². The number of rotatable bonds is 2. The Labute approximate surface area is 47.9 Å². The van der Waals surface area contributed by atoms with Crippen LogP contribution >= 0.6 is 0 Å². The van der Waals surface area contributed by atoms with E-state index in [0.29, 0.717) is 5.41 Å². The first-order valence-corrected chi connectivity index (χ1v) is 3.83. The molecule has 0 aliphatic heterocycles. The van der Waals surface area contributed by atoms with Crippen molar-refractivity contribution in [2.75, 3.05) is 5.75 Å². The summed E-state index contributed by atoms with van der Waals surface area (Å²) < 4.78 is 31.7. The molecular formula is C4H7FO2S. The van der Waals surface area contributed by atoms with Crippen LogP contribution in [0.3, 0.4) is 0 Å². The highest BCUT2D eigenvalue weighted by Gasteiger charge is 1.97. The summed E-state index contributed by atoms with van der Waals surface area (Å²) in [7, 11) is -3.23. The predicted octanol–water partition coefficient (Wildman–Crippen LogP) is 0.862. The zero-order chi connectivity index (χ0) is 6.62. The van der Waals surface area contributed by atoms with Crippen molar-refractivity contribution in [3.05, 3.63) is 11.7 Å². The van der Waals surface area contributed by atoms with Gasteiger partial charge in [-0.1, -0.05) is 6.92 Å². The maximum atomic E-state index is 11.1. The first-order valence-electron chi connectivity index (χ1n) is 2.12. The van der Waals surface area contributed by atoms with Crippen LogP contribution in [0.4, 0.5) is 4.39 Å². The maximum Gasteiger partial charge on any atom is 0.173 e. The third-order valence-electron chi connectivity index (χ3n) is 0.661. The summed E-state index contributed by atoms with van der Waals surface area (Å²) in [5.74, 6) is -0.0482. The van der Waals surface area contributed by atoms with E-state index in [-0.39, 0.29) is 12.1 Å². The van der Waals surface area contributed by atoms with Crippen molar-refractivity contribution in [1.82, 2.24) is 0 Å². The molecule has 48 valence electrons. The van der Waals surface area contributed by atoms with E-state index in [0.717, 1.165) is 0 Å². The molecule has 0 amide bonds. The second-order valence-corrected chi connectivity index (χ2v) is 3.39. The quantitative estimate of drug-likeness (QED) is 0.567. The molecule has 0 atom stereocenters. The first-order chi connectivity index (χ1) is 3.62. The van der Waals surface area contributed by atoms with Gasteiger partial charge in [-0.15, -0.1) is 0 Å². The molecule has 0 bridgehead atoms. The molecule has 2 nitrogen and oxygen atoms in total. The van der Waals surface area contributed by atoms with E-state index in [2.05, 4.69) is 0 Å². The van der Waals surface area contributed by atoms with Crippen LogP contribution < -0.4 is 0 Å². The predicted molar refractivity (Wildman–Crippen MR) is 29.7 cm³/mol. The van der Waals surface area contributed by atoms with Crippen LogP contribution in [0.2, 0.25) is 0 Å². The Balaban J connectivity index is 4.17. The normalized spacial score (nSPS) is 12.8. The number of sulfone groups is 1.